The Morgan fingerprint density at radius 1 is 1.29 bits per heavy atom. The summed E-state index contributed by atoms with van der Waals surface area (Å²) in [5, 5.41) is 2.58. The van der Waals surface area contributed by atoms with Gasteiger partial charge in [-0.25, -0.2) is 9.78 Å². The van der Waals surface area contributed by atoms with Crippen LogP contribution in [-0.2, 0) is 7.05 Å². The van der Waals surface area contributed by atoms with Crippen molar-refractivity contribution in [3.8, 4) is 5.88 Å². The SMILES string of the molecule is Cn1cnc2c(OC(=O)Nc3ccccc3)nc(N)nc21. The standard InChI is InChI=1S/C13H12N6O2/c1-19-7-15-9-10(19)17-12(14)18-11(9)21-13(20)16-8-5-3-2-4-6-8/h2-7H,1H3,(H,16,20)(H2,14,17,18). The molecule has 0 radical (unpaired) electrons. The third-order valence-corrected chi connectivity index (χ3v) is 2.75. The molecule has 0 spiro atoms. The number of anilines is 2. The van der Waals surface area contributed by atoms with Gasteiger partial charge in [0.05, 0.1) is 6.33 Å². The Morgan fingerprint density at radius 3 is 2.81 bits per heavy atom. The highest BCUT2D eigenvalue weighted by atomic mass is 16.6. The van der Waals surface area contributed by atoms with Crippen molar-refractivity contribution in [3.05, 3.63) is 36.7 Å². The third kappa shape index (κ3) is 2.59. The Hall–Kier alpha value is -3.16. The van der Waals surface area contributed by atoms with Crippen LogP contribution in [0.5, 0.6) is 5.88 Å². The van der Waals surface area contributed by atoms with E-state index in [1.807, 2.05) is 6.07 Å². The van der Waals surface area contributed by atoms with Crippen molar-refractivity contribution in [1.29, 1.82) is 0 Å². The molecule has 0 saturated carbocycles. The van der Waals surface area contributed by atoms with Crippen molar-refractivity contribution in [2.45, 2.75) is 0 Å². The number of fused-ring (bicyclic) bond motifs is 1. The molecule has 3 aromatic rings. The Balaban J connectivity index is 1.86. The van der Waals surface area contributed by atoms with Gasteiger partial charge in [-0.2, -0.15) is 9.97 Å². The number of para-hydroxylation sites is 1. The second kappa shape index (κ2) is 5.08. The fourth-order valence-corrected chi connectivity index (χ4v) is 1.82. The minimum absolute atomic E-state index is 0.00797. The van der Waals surface area contributed by atoms with E-state index in [0.717, 1.165) is 0 Å². The van der Waals surface area contributed by atoms with Crippen molar-refractivity contribution in [2.75, 3.05) is 11.1 Å². The number of aromatic nitrogens is 4. The van der Waals surface area contributed by atoms with Crippen LogP contribution in [0.1, 0.15) is 0 Å². The molecular formula is C13H12N6O2. The van der Waals surface area contributed by atoms with Crippen molar-refractivity contribution in [1.82, 2.24) is 19.5 Å². The summed E-state index contributed by atoms with van der Waals surface area (Å²) in [6.45, 7) is 0. The summed E-state index contributed by atoms with van der Waals surface area (Å²) in [5.41, 5.74) is 7.08. The summed E-state index contributed by atoms with van der Waals surface area (Å²) in [4.78, 5) is 23.9. The van der Waals surface area contributed by atoms with Gasteiger partial charge in [0, 0.05) is 12.7 Å². The van der Waals surface area contributed by atoms with E-state index in [1.54, 1.807) is 42.2 Å². The summed E-state index contributed by atoms with van der Waals surface area (Å²) in [7, 11) is 1.76. The first-order chi connectivity index (χ1) is 10.1. The molecule has 3 rings (SSSR count). The van der Waals surface area contributed by atoms with Gasteiger partial charge < -0.3 is 15.0 Å². The Labute approximate surface area is 119 Å². The van der Waals surface area contributed by atoms with Gasteiger partial charge in [-0.15, -0.1) is 0 Å². The smallest absolute Gasteiger partial charge is 0.388 e. The minimum atomic E-state index is -0.675. The topological polar surface area (TPSA) is 108 Å². The van der Waals surface area contributed by atoms with E-state index in [9.17, 15) is 4.79 Å². The number of hydrogen-bond acceptors (Lipinski definition) is 6. The number of nitrogens with zero attached hydrogens (tertiary/aromatic N) is 4. The third-order valence-electron chi connectivity index (χ3n) is 2.75. The van der Waals surface area contributed by atoms with E-state index in [-0.39, 0.29) is 11.8 Å². The lowest BCUT2D eigenvalue weighted by molar-refractivity contribution is 0.214. The van der Waals surface area contributed by atoms with Crippen LogP contribution in [0.25, 0.3) is 11.2 Å². The lowest BCUT2D eigenvalue weighted by Crippen LogP contribution is -2.18. The fraction of sp³-hybridized carbons (Fsp3) is 0.0769. The maximum Gasteiger partial charge on any atom is 0.418 e. The van der Waals surface area contributed by atoms with Gasteiger partial charge in [0.2, 0.25) is 5.95 Å². The Bertz CT molecular complexity index is 799. The molecule has 1 aromatic carbocycles. The second-order valence-electron chi connectivity index (χ2n) is 4.30. The van der Waals surface area contributed by atoms with Crippen molar-refractivity contribution in [2.24, 2.45) is 7.05 Å². The van der Waals surface area contributed by atoms with Crippen molar-refractivity contribution >= 4 is 28.9 Å². The van der Waals surface area contributed by atoms with Crippen LogP contribution in [0.2, 0.25) is 0 Å². The van der Waals surface area contributed by atoms with Gasteiger partial charge in [-0.3, -0.25) is 5.32 Å². The maximum atomic E-state index is 11.9. The summed E-state index contributed by atoms with van der Waals surface area (Å²) in [6.07, 6.45) is 0.868. The van der Waals surface area contributed by atoms with E-state index in [0.29, 0.717) is 16.9 Å². The Kier molecular flexibility index (Phi) is 3.11. The molecule has 0 aliphatic heterocycles. The number of imidazole rings is 1. The average Bonchev–Trinajstić information content (AvgIpc) is 2.81. The van der Waals surface area contributed by atoms with E-state index in [2.05, 4.69) is 20.3 Å². The quantitative estimate of drug-likeness (QED) is 0.739. The highest BCUT2D eigenvalue weighted by Crippen LogP contribution is 2.21. The molecule has 2 aromatic heterocycles. The number of ether oxygens (including phenoxy) is 1. The average molecular weight is 284 g/mol. The summed E-state index contributed by atoms with van der Waals surface area (Å²) >= 11 is 0. The van der Waals surface area contributed by atoms with Crippen LogP contribution >= 0.6 is 0 Å². The van der Waals surface area contributed by atoms with Crippen LogP contribution < -0.4 is 15.8 Å². The van der Waals surface area contributed by atoms with Crippen LogP contribution in [0.3, 0.4) is 0 Å². The van der Waals surface area contributed by atoms with Crippen LogP contribution in [0.15, 0.2) is 36.7 Å². The van der Waals surface area contributed by atoms with Gasteiger partial charge in [-0.1, -0.05) is 18.2 Å². The van der Waals surface area contributed by atoms with Crippen LogP contribution in [0, 0.1) is 0 Å². The maximum absolute atomic E-state index is 11.9. The summed E-state index contributed by atoms with van der Waals surface area (Å²) < 4.78 is 6.83. The largest absolute Gasteiger partial charge is 0.418 e. The van der Waals surface area contributed by atoms with Crippen molar-refractivity contribution < 1.29 is 9.53 Å². The molecule has 8 nitrogen and oxygen atoms in total. The zero-order chi connectivity index (χ0) is 14.8. The molecule has 21 heavy (non-hydrogen) atoms. The van der Waals surface area contributed by atoms with Gasteiger partial charge >= 0.3 is 6.09 Å². The molecule has 0 unspecified atom stereocenters. The van der Waals surface area contributed by atoms with E-state index in [1.165, 1.54) is 0 Å². The zero-order valence-corrected chi connectivity index (χ0v) is 11.1. The van der Waals surface area contributed by atoms with Crippen LogP contribution in [0.4, 0.5) is 16.4 Å². The number of nitrogens with two attached hydrogens (primary N) is 1. The van der Waals surface area contributed by atoms with Gasteiger partial charge in [0.15, 0.2) is 11.2 Å². The van der Waals surface area contributed by atoms with Gasteiger partial charge in [0.1, 0.15) is 0 Å². The van der Waals surface area contributed by atoms with Gasteiger partial charge in [-0.05, 0) is 12.1 Å². The molecule has 8 heteroatoms. The number of carbonyl (C=O) groups excluding carboxylic acids is 1. The fourth-order valence-electron chi connectivity index (χ4n) is 1.82. The number of amides is 1. The lowest BCUT2D eigenvalue weighted by atomic mass is 10.3. The monoisotopic (exact) mass is 284 g/mol. The van der Waals surface area contributed by atoms with E-state index < -0.39 is 6.09 Å². The molecule has 0 aliphatic carbocycles. The molecular weight excluding hydrogens is 272 g/mol. The number of aryl methyl sites for hydroxylation is 1. The van der Waals surface area contributed by atoms with E-state index in [4.69, 9.17) is 10.5 Å². The highest BCUT2D eigenvalue weighted by Gasteiger charge is 2.15. The summed E-state index contributed by atoms with van der Waals surface area (Å²) in [6, 6.07) is 8.93. The van der Waals surface area contributed by atoms with E-state index >= 15 is 0 Å². The molecule has 106 valence electrons. The number of rotatable bonds is 2. The number of nitrogen functional groups attached to an aromatic ring is 1. The zero-order valence-electron chi connectivity index (χ0n) is 11.1. The number of nitrogens with one attached hydrogen (secondary N) is 1. The Morgan fingerprint density at radius 2 is 2.05 bits per heavy atom. The van der Waals surface area contributed by atoms with Gasteiger partial charge in [0.25, 0.3) is 5.88 Å². The molecule has 1 amide bonds. The molecule has 0 bridgehead atoms. The predicted octanol–water partition coefficient (Wildman–Crippen LogP) is 1.56. The molecule has 0 fully saturated rings. The molecule has 0 aliphatic rings. The molecule has 3 N–H and O–H groups in total. The summed E-state index contributed by atoms with van der Waals surface area (Å²) in [5.74, 6) is 0.0279. The number of benzene rings is 1. The predicted molar refractivity (Wildman–Crippen MR) is 76.8 cm³/mol. The molecule has 0 atom stereocenters. The normalized spacial score (nSPS) is 10.5. The first kappa shape index (κ1) is 12.9. The van der Waals surface area contributed by atoms with Crippen molar-refractivity contribution in [3.63, 3.8) is 0 Å². The molecule has 2 heterocycles. The lowest BCUT2D eigenvalue weighted by Gasteiger charge is -2.06. The molecule has 0 saturated heterocycles. The highest BCUT2D eigenvalue weighted by molar-refractivity contribution is 5.88. The number of carbonyl (C=O) groups is 1. The van der Waals surface area contributed by atoms with Crippen LogP contribution in [-0.4, -0.2) is 25.6 Å². The minimum Gasteiger partial charge on any atom is -0.388 e. The first-order valence-corrected chi connectivity index (χ1v) is 6.12. The number of hydrogen-bond donors (Lipinski definition) is 2. The second-order valence-corrected chi connectivity index (χ2v) is 4.30. The first-order valence-electron chi connectivity index (χ1n) is 6.12.